The van der Waals surface area contributed by atoms with Gasteiger partial charge in [-0.2, -0.15) is 0 Å². The maximum atomic E-state index is 5.48. The Morgan fingerprint density at radius 3 is 2.87 bits per heavy atom. The molecule has 0 saturated carbocycles. The van der Waals surface area contributed by atoms with Gasteiger partial charge in [0.1, 0.15) is 0 Å². The molecule has 1 heterocycles. The Morgan fingerprint density at radius 2 is 2.27 bits per heavy atom. The van der Waals surface area contributed by atoms with Crippen molar-refractivity contribution in [2.24, 2.45) is 11.7 Å². The molecular formula is C11H22N4. The van der Waals surface area contributed by atoms with Gasteiger partial charge in [-0.3, -0.25) is 0 Å². The maximum absolute atomic E-state index is 5.48. The average Bonchev–Trinajstić information content (AvgIpc) is 2.51. The molecular weight excluding hydrogens is 188 g/mol. The van der Waals surface area contributed by atoms with E-state index in [2.05, 4.69) is 37.0 Å². The fourth-order valence-electron chi connectivity index (χ4n) is 1.72. The number of hydrogen-bond acceptors (Lipinski definition) is 3. The first-order valence-corrected chi connectivity index (χ1v) is 5.51. The van der Waals surface area contributed by atoms with Gasteiger partial charge < -0.3 is 15.2 Å². The summed E-state index contributed by atoms with van der Waals surface area (Å²) in [7, 11) is 2.13. The largest absolute Gasteiger partial charge is 0.336 e. The van der Waals surface area contributed by atoms with Crippen LogP contribution < -0.4 is 5.73 Å². The summed E-state index contributed by atoms with van der Waals surface area (Å²) in [5.74, 6) is 0.695. The van der Waals surface area contributed by atoms with Crippen molar-refractivity contribution in [2.75, 3.05) is 20.1 Å². The predicted octanol–water partition coefficient (Wildman–Crippen LogP) is 0.930. The van der Waals surface area contributed by atoms with E-state index in [-0.39, 0.29) is 0 Å². The summed E-state index contributed by atoms with van der Waals surface area (Å²) < 4.78 is 2.04. The van der Waals surface area contributed by atoms with Crippen molar-refractivity contribution in [3.8, 4) is 0 Å². The number of aromatic nitrogens is 2. The molecule has 86 valence electrons. The summed E-state index contributed by atoms with van der Waals surface area (Å²) in [6, 6.07) is 0. The zero-order valence-corrected chi connectivity index (χ0v) is 9.98. The van der Waals surface area contributed by atoms with Crippen LogP contribution in [0.1, 0.15) is 19.5 Å². The molecule has 0 fully saturated rings. The molecule has 15 heavy (non-hydrogen) atoms. The van der Waals surface area contributed by atoms with Crippen LogP contribution in [0, 0.1) is 5.92 Å². The lowest BCUT2D eigenvalue weighted by Crippen LogP contribution is -2.22. The lowest BCUT2D eigenvalue weighted by Gasteiger charge is -2.17. The smallest absolute Gasteiger partial charge is 0.0950 e. The van der Waals surface area contributed by atoms with E-state index < -0.39 is 0 Å². The van der Waals surface area contributed by atoms with E-state index in [0.717, 1.165) is 25.3 Å². The average molecular weight is 210 g/mol. The fourth-order valence-corrected chi connectivity index (χ4v) is 1.72. The molecule has 0 aliphatic heterocycles. The maximum Gasteiger partial charge on any atom is 0.0950 e. The summed E-state index contributed by atoms with van der Waals surface area (Å²) in [5, 5.41) is 0. The van der Waals surface area contributed by atoms with Gasteiger partial charge in [-0.05, 0) is 13.0 Å². The first-order chi connectivity index (χ1) is 7.11. The second-order valence-electron chi connectivity index (χ2n) is 4.48. The second-order valence-corrected chi connectivity index (χ2v) is 4.48. The van der Waals surface area contributed by atoms with Crippen molar-refractivity contribution < 1.29 is 0 Å². The molecule has 0 unspecified atom stereocenters. The summed E-state index contributed by atoms with van der Waals surface area (Å²) in [5.41, 5.74) is 6.60. The molecule has 0 atom stereocenters. The van der Waals surface area contributed by atoms with Crippen LogP contribution in [0.15, 0.2) is 12.5 Å². The Bertz CT molecular complexity index is 280. The van der Waals surface area contributed by atoms with Crippen molar-refractivity contribution in [3.05, 3.63) is 18.2 Å². The molecule has 0 aliphatic carbocycles. The van der Waals surface area contributed by atoms with Gasteiger partial charge in [0.15, 0.2) is 0 Å². The first kappa shape index (κ1) is 12.2. The van der Waals surface area contributed by atoms with Crippen LogP contribution in [0.25, 0.3) is 0 Å². The zero-order chi connectivity index (χ0) is 11.3. The zero-order valence-electron chi connectivity index (χ0n) is 9.98. The van der Waals surface area contributed by atoms with Crippen molar-refractivity contribution in [2.45, 2.75) is 26.9 Å². The minimum atomic E-state index is 0.664. The van der Waals surface area contributed by atoms with Crippen LogP contribution in [0.2, 0.25) is 0 Å². The molecule has 0 bridgehead atoms. The van der Waals surface area contributed by atoms with Gasteiger partial charge in [-0.1, -0.05) is 13.8 Å². The SMILES string of the molecule is CC(C)CN(C)Cc1cn(CCN)cn1. The lowest BCUT2D eigenvalue weighted by atomic mass is 10.2. The third kappa shape index (κ3) is 4.44. The Kier molecular flexibility index (Phi) is 4.78. The third-order valence-corrected chi connectivity index (χ3v) is 2.18. The Balaban J connectivity index is 2.42. The minimum absolute atomic E-state index is 0.664. The normalized spacial score (nSPS) is 11.6. The monoisotopic (exact) mass is 210 g/mol. The van der Waals surface area contributed by atoms with Crippen molar-refractivity contribution in [1.29, 1.82) is 0 Å². The van der Waals surface area contributed by atoms with Crippen molar-refractivity contribution in [1.82, 2.24) is 14.5 Å². The Hall–Kier alpha value is -0.870. The molecule has 0 amide bonds. The molecule has 1 rings (SSSR count). The van der Waals surface area contributed by atoms with E-state index in [0.29, 0.717) is 12.5 Å². The molecule has 0 spiro atoms. The van der Waals surface area contributed by atoms with E-state index >= 15 is 0 Å². The van der Waals surface area contributed by atoms with Crippen LogP contribution in [-0.2, 0) is 13.1 Å². The number of hydrogen-bond donors (Lipinski definition) is 1. The molecule has 1 aromatic heterocycles. The van der Waals surface area contributed by atoms with Gasteiger partial charge in [0.25, 0.3) is 0 Å². The second kappa shape index (κ2) is 5.88. The van der Waals surface area contributed by atoms with E-state index in [4.69, 9.17) is 5.73 Å². The molecule has 2 N–H and O–H groups in total. The summed E-state index contributed by atoms with van der Waals surface area (Å²) >= 11 is 0. The summed E-state index contributed by atoms with van der Waals surface area (Å²) in [6.45, 7) is 7.98. The summed E-state index contributed by atoms with van der Waals surface area (Å²) in [4.78, 5) is 6.64. The van der Waals surface area contributed by atoms with E-state index in [1.807, 2.05) is 10.9 Å². The topological polar surface area (TPSA) is 47.1 Å². The van der Waals surface area contributed by atoms with Gasteiger partial charge in [0, 0.05) is 32.4 Å². The molecule has 0 radical (unpaired) electrons. The number of nitrogens with zero attached hydrogens (tertiary/aromatic N) is 3. The van der Waals surface area contributed by atoms with Gasteiger partial charge >= 0.3 is 0 Å². The highest BCUT2D eigenvalue weighted by Crippen LogP contribution is 2.03. The van der Waals surface area contributed by atoms with E-state index in [9.17, 15) is 0 Å². The highest BCUT2D eigenvalue weighted by Gasteiger charge is 2.05. The third-order valence-electron chi connectivity index (χ3n) is 2.18. The minimum Gasteiger partial charge on any atom is -0.336 e. The van der Waals surface area contributed by atoms with Gasteiger partial charge in [0.2, 0.25) is 0 Å². The van der Waals surface area contributed by atoms with Crippen LogP contribution in [0.5, 0.6) is 0 Å². The van der Waals surface area contributed by atoms with E-state index in [1.54, 1.807) is 0 Å². The van der Waals surface area contributed by atoms with Crippen LogP contribution in [0.3, 0.4) is 0 Å². The van der Waals surface area contributed by atoms with Crippen molar-refractivity contribution in [3.63, 3.8) is 0 Å². The van der Waals surface area contributed by atoms with Gasteiger partial charge in [-0.25, -0.2) is 4.98 Å². The van der Waals surface area contributed by atoms with E-state index in [1.165, 1.54) is 0 Å². The highest BCUT2D eigenvalue weighted by atomic mass is 15.1. The van der Waals surface area contributed by atoms with Crippen LogP contribution >= 0.6 is 0 Å². The van der Waals surface area contributed by atoms with Crippen LogP contribution in [0.4, 0.5) is 0 Å². The molecule has 0 aliphatic rings. The lowest BCUT2D eigenvalue weighted by molar-refractivity contribution is 0.285. The molecule has 0 saturated heterocycles. The Labute approximate surface area is 92.1 Å². The Morgan fingerprint density at radius 1 is 1.53 bits per heavy atom. The highest BCUT2D eigenvalue weighted by molar-refractivity contribution is 4.96. The molecule has 4 nitrogen and oxygen atoms in total. The van der Waals surface area contributed by atoms with Crippen molar-refractivity contribution >= 4 is 0 Å². The quantitative estimate of drug-likeness (QED) is 0.760. The number of nitrogens with two attached hydrogens (primary N) is 1. The summed E-state index contributed by atoms with van der Waals surface area (Å²) in [6.07, 6.45) is 3.93. The number of rotatable bonds is 6. The fraction of sp³-hybridized carbons (Fsp3) is 0.727. The molecule has 4 heteroatoms. The molecule has 1 aromatic rings. The number of imidazole rings is 1. The molecule has 0 aromatic carbocycles. The van der Waals surface area contributed by atoms with Crippen LogP contribution in [-0.4, -0.2) is 34.6 Å². The van der Waals surface area contributed by atoms with Gasteiger partial charge in [-0.15, -0.1) is 0 Å². The predicted molar refractivity (Wildman–Crippen MR) is 62.5 cm³/mol. The standard InChI is InChI=1S/C11H22N4/c1-10(2)6-14(3)7-11-8-15(5-4-12)9-13-11/h8-10H,4-7,12H2,1-3H3. The first-order valence-electron chi connectivity index (χ1n) is 5.51. The van der Waals surface area contributed by atoms with Gasteiger partial charge in [0.05, 0.1) is 12.0 Å².